The molecule has 0 amide bonds. The van der Waals surface area contributed by atoms with Crippen molar-refractivity contribution in [3.63, 3.8) is 0 Å². The maximum atomic E-state index is 5.87. The Bertz CT molecular complexity index is 247. The fourth-order valence-corrected chi connectivity index (χ4v) is 1.66. The topological polar surface area (TPSA) is 50.8 Å². The summed E-state index contributed by atoms with van der Waals surface area (Å²) in [6.45, 7) is 2.55. The summed E-state index contributed by atoms with van der Waals surface area (Å²) in [6.07, 6.45) is 6.22. The minimum absolute atomic E-state index is 0.648. The zero-order valence-corrected chi connectivity index (χ0v) is 10.2. The van der Waals surface area contributed by atoms with Crippen molar-refractivity contribution < 1.29 is 4.74 Å². The molecule has 0 saturated heterocycles. The lowest BCUT2D eigenvalue weighted by atomic mass is 10.4. The van der Waals surface area contributed by atoms with Crippen LogP contribution in [0.3, 0.4) is 0 Å². The highest BCUT2D eigenvalue weighted by Gasteiger charge is 2.27. The second-order valence-electron chi connectivity index (χ2n) is 4.95. The SMILES string of the molecule is CN(C(N)=NCCCOCC1CC1)C1CC1. The second kappa shape index (κ2) is 5.53. The maximum absolute atomic E-state index is 5.87. The number of ether oxygens (including phenoxy) is 1. The van der Waals surface area contributed by atoms with Crippen LogP contribution in [0.2, 0.25) is 0 Å². The van der Waals surface area contributed by atoms with Gasteiger partial charge in [0, 0.05) is 32.8 Å². The molecule has 4 heteroatoms. The van der Waals surface area contributed by atoms with Gasteiger partial charge in [0.1, 0.15) is 0 Å². The molecule has 0 unspecified atom stereocenters. The highest BCUT2D eigenvalue weighted by Crippen LogP contribution is 2.28. The van der Waals surface area contributed by atoms with Crippen LogP contribution in [-0.2, 0) is 4.74 Å². The first-order valence-corrected chi connectivity index (χ1v) is 6.38. The largest absolute Gasteiger partial charge is 0.381 e. The Hall–Kier alpha value is -0.770. The van der Waals surface area contributed by atoms with Crippen molar-refractivity contribution in [2.45, 2.75) is 38.1 Å². The van der Waals surface area contributed by atoms with E-state index in [0.29, 0.717) is 12.0 Å². The third-order valence-electron chi connectivity index (χ3n) is 3.23. The van der Waals surface area contributed by atoms with Gasteiger partial charge in [-0.15, -0.1) is 0 Å². The first kappa shape index (κ1) is 11.7. The number of aliphatic imine (C=N–C) groups is 1. The summed E-state index contributed by atoms with van der Waals surface area (Å²) in [5.74, 6) is 1.54. The van der Waals surface area contributed by atoms with Crippen molar-refractivity contribution in [3.05, 3.63) is 0 Å². The minimum Gasteiger partial charge on any atom is -0.381 e. The van der Waals surface area contributed by atoms with Crippen molar-refractivity contribution in [2.75, 3.05) is 26.8 Å². The van der Waals surface area contributed by atoms with Crippen molar-refractivity contribution >= 4 is 5.96 Å². The van der Waals surface area contributed by atoms with Gasteiger partial charge >= 0.3 is 0 Å². The Kier molecular flexibility index (Phi) is 4.04. The molecule has 0 atom stereocenters. The molecule has 2 saturated carbocycles. The lowest BCUT2D eigenvalue weighted by Gasteiger charge is -2.16. The lowest BCUT2D eigenvalue weighted by molar-refractivity contribution is 0.123. The zero-order valence-electron chi connectivity index (χ0n) is 10.2. The predicted octanol–water partition coefficient (Wildman–Crippen LogP) is 1.21. The summed E-state index contributed by atoms with van der Waals surface area (Å²) in [5.41, 5.74) is 5.87. The quantitative estimate of drug-likeness (QED) is 0.402. The predicted molar refractivity (Wildman–Crippen MR) is 65.4 cm³/mol. The first-order valence-electron chi connectivity index (χ1n) is 6.38. The molecular weight excluding hydrogens is 202 g/mol. The average molecular weight is 225 g/mol. The van der Waals surface area contributed by atoms with Gasteiger partial charge < -0.3 is 15.4 Å². The van der Waals surface area contributed by atoms with Crippen LogP contribution in [0.4, 0.5) is 0 Å². The molecule has 16 heavy (non-hydrogen) atoms. The average Bonchev–Trinajstić information content (AvgIpc) is 3.15. The molecule has 92 valence electrons. The number of nitrogens with two attached hydrogens (primary N) is 1. The summed E-state index contributed by atoms with van der Waals surface area (Å²) in [4.78, 5) is 6.45. The van der Waals surface area contributed by atoms with E-state index < -0.39 is 0 Å². The summed E-state index contributed by atoms with van der Waals surface area (Å²) in [5, 5.41) is 0. The van der Waals surface area contributed by atoms with E-state index in [0.717, 1.165) is 32.1 Å². The molecule has 0 heterocycles. The van der Waals surface area contributed by atoms with Crippen LogP contribution < -0.4 is 5.73 Å². The molecule has 2 aliphatic rings. The summed E-state index contributed by atoms with van der Waals surface area (Å²) >= 11 is 0. The van der Waals surface area contributed by atoms with Gasteiger partial charge in [0.15, 0.2) is 5.96 Å². The maximum Gasteiger partial charge on any atom is 0.191 e. The number of hydrogen-bond donors (Lipinski definition) is 1. The molecule has 0 spiro atoms. The Labute approximate surface area is 97.9 Å². The molecule has 2 aliphatic carbocycles. The van der Waals surface area contributed by atoms with Crippen LogP contribution in [0.25, 0.3) is 0 Å². The summed E-state index contributed by atoms with van der Waals surface area (Å²) < 4.78 is 5.54. The van der Waals surface area contributed by atoms with Crippen LogP contribution in [-0.4, -0.2) is 43.7 Å². The zero-order chi connectivity index (χ0) is 11.4. The molecule has 2 rings (SSSR count). The van der Waals surface area contributed by atoms with E-state index >= 15 is 0 Å². The third kappa shape index (κ3) is 4.00. The summed E-state index contributed by atoms with van der Waals surface area (Å²) in [7, 11) is 2.03. The Morgan fingerprint density at radius 3 is 2.75 bits per heavy atom. The lowest BCUT2D eigenvalue weighted by Crippen LogP contribution is -2.35. The number of hydrogen-bond acceptors (Lipinski definition) is 2. The highest BCUT2D eigenvalue weighted by molar-refractivity contribution is 5.78. The standard InChI is InChI=1S/C12H23N3O/c1-15(11-5-6-11)12(13)14-7-2-8-16-9-10-3-4-10/h10-11H,2-9H2,1H3,(H2,13,14). The Morgan fingerprint density at radius 2 is 2.12 bits per heavy atom. The summed E-state index contributed by atoms with van der Waals surface area (Å²) in [6, 6.07) is 0.648. The van der Waals surface area contributed by atoms with E-state index in [1.54, 1.807) is 0 Å². The fraction of sp³-hybridized carbons (Fsp3) is 0.917. The van der Waals surface area contributed by atoms with Gasteiger partial charge in [-0.2, -0.15) is 0 Å². The van der Waals surface area contributed by atoms with Crippen molar-refractivity contribution in [2.24, 2.45) is 16.6 Å². The van der Waals surface area contributed by atoms with Crippen LogP contribution in [0.15, 0.2) is 4.99 Å². The van der Waals surface area contributed by atoms with Gasteiger partial charge in [-0.25, -0.2) is 0 Å². The van der Waals surface area contributed by atoms with Crippen LogP contribution in [0.1, 0.15) is 32.1 Å². The molecule has 4 nitrogen and oxygen atoms in total. The second-order valence-corrected chi connectivity index (χ2v) is 4.95. The van der Waals surface area contributed by atoms with Gasteiger partial charge in [0.05, 0.1) is 0 Å². The molecule has 2 fully saturated rings. The monoisotopic (exact) mass is 225 g/mol. The molecule has 0 aliphatic heterocycles. The van der Waals surface area contributed by atoms with Gasteiger partial charge in [-0.3, -0.25) is 4.99 Å². The van der Waals surface area contributed by atoms with Crippen molar-refractivity contribution in [1.82, 2.24) is 4.90 Å². The molecule has 0 bridgehead atoms. The van der Waals surface area contributed by atoms with E-state index in [9.17, 15) is 0 Å². The molecule has 0 aromatic carbocycles. The normalized spacial score (nSPS) is 21.2. The first-order chi connectivity index (χ1) is 7.77. The van der Waals surface area contributed by atoms with E-state index in [1.165, 1.54) is 25.7 Å². The smallest absolute Gasteiger partial charge is 0.191 e. The van der Waals surface area contributed by atoms with Crippen LogP contribution in [0.5, 0.6) is 0 Å². The molecule has 2 N–H and O–H groups in total. The minimum atomic E-state index is 0.648. The Morgan fingerprint density at radius 1 is 1.38 bits per heavy atom. The highest BCUT2D eigenvalue weighted by atomic mass is 16.5. The van der Waals surface area contributed by atoms with Gasteiger partial charge in [0.2, 0.25) is 0 Å². The molecule has 0 aromatic heterocycles. The van der Waals surface area contributed by atoms with Crippen molar-refractivity contribution in [3.8, 4) is 0 Å². The number of guanidine groups is 1. The van der Waals surface area contributed by atoms with E-state index in [4.69, 9.17) is 10.5 Å². The van der Waals surface area contributed by atoms with Crippen molar-refractivity contribution in [1.29, 1.82) is 0 Å². The van der Waals surface area contributed by atoms with Crippen LogP contribution in [0, 0.1) is 5.92 Å². The van der Waals surface area contributed by atoms with Gasteiger partial charge in [-0.1, -0.05) is 0 Å². The molecule has 0 aromatic rings. The molecule has 0 radical (unpaired) electrons. The van der Waals surface area contributed by atoms with E-state index in [2.05, 4.69) is 9.89 Å². The Balaban J connectivity index is 1.49. The van der Waals surface area contributed by atoms with Gasteiger partial charge in [-0.05, 0) is 38.0 Å². The third-order valence-corrected chi connectivity index (χ3v) is 3.23. The van der Waals surface area contributed by atoms with Crippen LogP contribution >= 0.6 is 0 Å². The number of nitrogens with zero attached hydrogens (tertiary/aromatic N) is 2. The number of rotatable bonds is 7. The molecular formula is C12H23N3O. The van der Waals surface area contributed by atoms with E-state index in [-0.39, 0.29) is 0 Å². The fourth-order valence-electron chi connectivity index (χ4n) is 1.66. The van der Waals surface area contributed by atoms with E-state index in [1.807, 2.05) is 7.05 Å². The van der Waals surface area contributed by atoms with Gasteiger partial charge in [0.25, 0.3) is 0 Å².